The van der Waals surface area contributed by atoms with Gasteiger partial charge < -0.3 is 0 Å². The fraction of sp³-hybridized carbons (Fsp3) is 0.143. The Morgan fingerprint density at radius 3 is 2.53 bits per heavy atom. The second kappa shape index (κ2) is 4.55. The Hall–Kier alpha value is -2.66. The third-order valence-corrected chi connectivity index (χ3v) is 3.30. The molecule has 3 rings (SSSR count). The molecule has 0 N–H and O–H groups in total. The number of nitriles is 2. The maximum absolute atomic E-state index is 9.21. The number of benzene rings is 1. The normalized spacial score (nSPS) is 12.6. The lowest BCUT2D eigenvalue weighted by molar-refractivity contribution is 1.05. The zero-order valence-electron chi connectivity index (χ0n) is 10.2. The van der Waals surface area contributed by atoms with Crippen molar-refractivity contribution in [1.82, 2.24) is 9.97 Å². The second-order valence-corrected chi connectivity index (χ2v) is 4.53. The Balaban J connectivity index is 2.13. The van der Waals surface area contributed by atoms with Crippen molar-refractivity contribution >= 4 is 6.71 Å². The average molecular weight is 244 g/mol. The van der Waals surface area contributed by atoms with Gasteiger partial charge in [0.2, 0.25) is 0 Å². The van der Waals surface area contributed by atoms with E-state index in [2.05, 4.69) is 22.0 Å². The van der Waals surface area contributed by atoms with Gasteiger partial charge in [0.15, 0.2) is 5.82 Å². The fourth-order valence-electron chi connectivity index (χ4n) is 2.37. The maximum Gasteiger partial charge on any atom is 0.278 e. The highest BCUT2D eigenvalue weighted by molar-refractivity contribution is 6.66. The van der Waals surface area contributed by atoms with Gasteiger partial charge in [-0.2, -0.15) is 5.26 Å². The van der Waals surface area contributed by atoms with Crippen LogP contribution in [0.25, 0.3) is 11.4 Å². The smallest absolute Gasteiger partial charge is 0.233 e. The summed E-state index contributed by atoms with van der Waals surface area (Å²) in [7, 11) is 0. The van der Waals surface area contributed by atoms with E-state index in [4.69, 9.17) is 5.26 Å². The van der Waals surface area contributed by atoms with Crippen LogP contribution in [0.2, 0.25) is 0 Å². The molecule has 0 bridgehead atoms. The summed E-state index contributed by atoms with van der Waals surface area (Å²) >= 11 is 0. The molecule has 0 saturated carbocycles. The summed E-state index contributed by atoms with van der Waals surface area (Å²) < 4.78 is 0. The Bertz CT molecular complexity index is 713. The highest BCUT2D eigenvalue weighted by atomic mass is 14.9. The molecule has 1 aliphatic heterocycles. The fourth-order valence-corrected chi connectivity index (χ4v) is 2.37. The molecule has 2 heterocycles. The predicted molar refractivity (Wildman–Crippen MR) is 71.0 cm³/mol. The van der Waals surface area contributed by atoms with E-state index in [1.165, 1.54) is 0 Å². The number of nitrogens with zero attached hydrogens (tertiary/aromatic N) is 4. The molecule has 0 radical (unpaired) electrons. The van der Waals surface area contributed by atoms with E-state index in [0.717, 1.165) is 16.8 Å². The van der Waals surface area contributed by atoms with Crippen molar-refractivity contribution in [1.29, 1.82) is 10.5 Å². The van der Waals surface area contributed by atoms with E-state index in [0.29, 0.717) is 24.2 Å². The van der Waals surface area contributed by atoms with Crippen molar-refractivity contribution in [2.45, 2.75) is 12.6 Å². The summed E-state index contributed by atoms with van der Waals surface area (Å²) in [5.74, 6) is 2.81. The Labute approximate surface area is 111 Å². The SMILES string of the molecule is N#CB1Cc2nc(-c3ccccc3)nc(C#N)c2C1. The average Bonchev–Trinajstić information content (AvgIpc) is 2.90. The highest BCUT2D eigenvalue weighted by Crippen LogP contribution is 2.25. The van der Waals surface area contributed by atoms with Crippen LogP contribution in [0.1, 0.15) is 17.0 Å². The van der Waals surface area contributed by atoms with Crippen LogP contribution in [0, 0.1) is 22.6 Å². The van der Waals surface area contributed by atoms with Crippen molar-refractivity contribution in [3.63, 3.8) is 0 Å². The topological polar surface area (TPSA) is 73.4 Å². The number of rotatable bonds is 1. The molecule has 19 heavy (non-hydrogen) atoms. The van der Waals surface area contributed by atoms with E-state index < -0.39 is 0 Å². The van der Waals surface area contributed by atoms with E-state index in [1.54, 1.807) is 0 Å². The van der Waals surface area contributed by atoms with Gasteiger partial charge >= 0.3 is 0 Å². The standard InChI is InChI=1S/C14H9BN4/c16-8-13-11-6-15(9-17)7-12(11)18-14(19-13)10-4-2-1-3-5-10/h1-5H,6-7H2. The first-order valence-electron chi connectivity index (χ1n) is 6.06. The van der Waals surface area contributed by atoms with Crippen LogP contribution in [0.5, 0.6) is 0 Å². The van der Waals surface area contributed by atoms with E-state index in [1.807, 2.05) is 30.3 Å². The zero-order chi connectivity index (χ0) is 13.2. The third-order valence-electron chi connectivity index (χ3n) is 3.30. The van der Waals surface area contributed by atoms with E-state index in [-0.39, 0.29) is 6.71 Å². The molecule has 5 heteroatoms. The van der Waals surface area contributed by atoms with Gasteiger partial charge in [0.25, 0.3) is 6.71 Å². The summed E-state index contributed by atoms with van der Waals surface area (Å²) in [6.07, 6.45) is 1.20. The Morgan fingerprint density at radius 1 is 1.05 bits per heavy atom. The molecule has 0 fully saturated rings. The lowest BCUT2D eigenvalue weighted by Crippen LogP contribution is -2.10. The molecular weight excluding hydrogens is 235 g/mol. The minimum absolute atomic E-state index is 0.0811. The van der Waals surface area contributed by atoms with Gasteiger partial charge in [0.05, 0.1) is 0 Å². The molecule has 1 aromatic carbocycles. The quantitative estimate of drug-likeness (QED) is 0.716. The molecule has 1 aromatic heterocycles. The molecule has 88 valence electrons. The first-order valence-corrected chi connectivity index (χ1v) is 6.06. The van der Waals surface area contributed by atoms with E-state index >= 15 is 0 Å². The second-order valence-electron chi connectivity index (χ2n) is 4.53. The van der Waals surface area contributed by atoms with Crippen molar-refractivity contribution in [2.75, 3.05) is 0 Å². The van der Waals surface area contributed by atoms with Crippen LogP contribution < -0.4 is 0 Å². The van der Waals surface area contributed by atoms with Gasteiger partial charge in [0.1, 0.15) is 11.8 Å². The Kier molecular flexibility index (Phi) is 2.74. The summed E-state index contributed by atoms with van der Waals surface area (Å²) in [6.45, 7) is -0.0811. The molecule has 0 unspecified atom stereocenters. The van der Waals surface area contributed by atoms with Crippen molar-refractivity contribution in [2.24, 2.45) is 0 Å². The molecule has 0 aliphatic carbocycles. The highest BCUT2D eigenvalue weighted by Gasteiger charge is 2.30. The van der Waals surface area contributed by atoms with Crippen LogP contribution in [-0.4, -0.2) is 16.7 Å². The molecule has 4 nitrogen and oxygen atoms in total. The van der Waals surface area contributed by atoms with E-state index in [9.17, 15) is 5.26 Å². The van der Waals surface area contributed by atoms with Gasteiger partial charge in [-0.05, 0) is 12.6 Å². The minimum atomic E-state index is -0.0811. The summed E-state index contributed by atoms with van der Waals surface area (Å²) in [5.41, 5.74) is 2.98. The maximum atomic E-state index is 9.21. The monoisotopic (exact) mass is 244 g/mol. The molecule has 0 spiro atoms. The zero-order valence-corrected chi connectivity index (χ0v) is 10.2. The summed E-state index contributed by atoms with van der Waals surface area (Å²) in [4.78, 5) is 8.84. The number of aromatic nitrogens is 2. The predicted octanol–water partition coefficient (Wildman–Crippen LogP) is 1.75. The van der Waals surface area contributed by atoms with Gasteiger partial charge in [0, 0.05) is 22.8 Å². The molecular formula is C14H9BN4. The molecule has 0 atom stereocenters. The minimum Gasteiger partial charge on any atom is -0.233 e. The molecule has 2 aromatic rings. The first-order chi connectivity index (χ1) is 9.31. The first kappa shape index (κ1) is 11.4. The molecule has 0 saturated heterocycles. The van der Waals surface area contributed by atoms with Crippen molar-refractivity contribution < 1.29 is 0 Å². The van der Waals surface area contributed by atoms with Crippen LogP contribution in [0.3, 0.4) is 0 Å². The third kappa shape index (κ3) is 1.96. The summed E-state index contributed by atoms with van der Waals surface area (Å²) in [6, 6.07) is 11.7. The number of fused-ring (bicyclic) bond motifs is 1. The van der Waals surface area contributed by atoms with Gasteiger partial charge in [-0.1, -0.05) is 30.3 Å². The van der Waals surface area contributed by atoms with Gasteiger partial charge in [-0.15, -0.1) is 0 Å². The van der Waals surface area contributed by atoms with Crippen LogP contribution in [-0.2, 0) is 12.6 Å². The Morgan fingerprint density at radius 2 is 1.84 bits per heavy atom. The van der Waals surface area contributed by atoms with Crippen LogP contribution in [0.4, 0.5) is 0 Å². The van der Waals surface area contributed by atoms with Gasteiger partial charge in [-0.25, -0.2) is 15.2 Å². The number of hydrogen-bond acceptors (Lipinski definition) is 4. The lowest BCUT2D eigenvalue weighted by atomic mass is 9.49. The molecule has 0 amide bonds. The molecule has 1 aliphatic rings. The summed E-state index contributed by atoms with van der Waals surface area (Å²) in [5, 5.41) is 18.2. The number of hydrogen-bond donors (Lipinski definition) is 0. The lowest BCUT2D eigenvalue weighted by Gasteiger charge is -2.05. The van der Waals surface area contributed by atoms with Crippen molar-refractivity contribution in [3.05, 3.63) is 47.3 Å². The van der Waals surface area contributed by atoms with Gasteiger partial charge in [-0.3, -0.25) is 0 Å². The van der Waals surface area contributed by atoms with Crippen LogP contribution >= 0.6 is 0 Å². The largest absolute Gasteiger partial charge is 0.278 e. The van der Waals surface area contributed by atoms with Crippen LogP contribution in [0.15, 0.2) is 30.3 Å². The van der Waals surface area contributed by atoms with Crippen molar-refractivity contribution in [3.8, 4) is 23.4 Å².